The molecule has 0 spiro atoms. The van der Waals surface area contributed by atoms with Crippen molar-refractivity contribution in [1.82, 2.24) is 9.97 Å². The monoisotopic (exact) mass is 266 g/mol. The third-order valence-electron chi connectivity index (χ3n) is 3.06. The molecule has 0 bridgehead atoms. The third kappa shape index (κ3) is 3.78. The van der Waals surface area contributed by atoms with E-state index in [1.165, 1.54) is 0 Å². The van der Waals surface area contributed by atoms with E-state index in [1.54, 1.807) is 6.33 Å². The number of nitrogens with one attached hydrogen (secondary N) is 2. The Labute approximate surface area is 113 Å². The molecule has 0 radical (unpaired) electrons. The Balaban J connectivity index is 2.01. The van der Waals surface area contributed by atoms with Gasteiger partial charge in [-0.2, -0.15) is 0 Å². The van der Waals surface area contributed by atoms with E-state index in [0.29, 0.717) is 26.4 Å². The molecule has 2 rings (SSSR count). The number of rotatable bonds is 6. The van der Waals surface area contributed by atoms with Crippen LogP contribution < -0.4 is 10.6 Å². The molecule has 106 valence electrons. The van der Waals surface area contributed by atoms with Gasteiger partial charge in [0.15, 0.2) is 0 Å². The van der Waals surface area contributed by atoms with Crippen LogP contribution in [0.15, 0.2) is 6.33 Å². The standard InChI is InChI=1S/C13H22N4O2/c1-3-4-11-12(14-2)16-9-17-13(11)15-7-10-8-18-5-6-19-10/h9-10H,3-8H2,1-2H3,(H2,14,15,16,17). The summed E-state index contributed by atoms with van der Waals surface area (Å²) in [5.41, 5.74) is 1.13. The lowest BCUT2D eigenvalue weighted by atomic mass is 10.1. The van der Waals surface area contributed by atoms with Gasteiger partial charge in [-0.05, 0) is 6.42 Å². The second-order valence-electron chi connectivity index (χ2n) is 4.50. The van der Waals surface area contributed by atoms with Crippen molar-refractivity contribution in [2.45, 2.75) is 25.9 Å². The van der Waals surface area contributed by atoms with E-state index in [-0.39, 0.29) is 6.10 Å². The molecule has 1 saturated heterocycles. The second-order valence-corrected chi connectivity index (χ2v) is 4.50. The molecule has 6 nitrogen and oxygen atoms in total. The maximum absolute atomic E-state index is 5.61. The molecule has 6 heteroatoms. The van der Waals surface area contributed by atoms with Crippen molar-refractivity contribution in [1.29, 1.82) is 0 Å². The first-order valence-corrected chi connectivity index (χ1v) is 6.80. The van der Waals surface area contributed by atoms with E-state index in [4.69, 9.17) is 9.47 Å². The summed E-state index contributed by atoms with van der Waals surface area (Å²) in [5, 5.41) is 6.46. The fourth-order valence-electron chi connectivity index (χ4n) is 2.13. The number of ether oxygens (including phenoxy) is 2. The first-order chi connectivity index (χ1) is 9.35. The van der Waals surface area contributed by atoms with Crippen molar-refractivity contribution in [2.75, 3.05) is 44.0 Å². The molecular formula is C13H22N4O2. The summed E-state index contributed by atoms with van der Waals surface area (Å²) in [7, 11) is 1.88. The van der Waals surface area contributed by atoms with Gasteiger partial charge in [0.1, 0.15) is 18.0 Å². The largest absolute Gasteiger partial charge is 0.376 e. The molecule has 1 aromatic rings. The Morgan fingerprint density at radius 3 is 2.84 bits per heavy atom. The molecule has 1 aromatic heterocycles. The van der Waals surface area contributed by atoms with Crippen LogP contribution >= 0.6 is 0 Å². The fourth-order valence-corrected chi connectivity index (χ4v) is 2.13. The summed E-state index contributed by atoms with van der Waals surface area (Å²) < 4.78 is 11.0. The zero-order valence-electron chi connectivity index (χ0n) is 11.6. The van der Waals surface area contributed by atoms with Gasteiger partial charge in [-0.15, -0.1) is 0 Å². The van der Waals surface area contributed by atoms with Gasteiger partial charge in [-0.25, -0.2) is 9.97 Å². The van der Waals surface area contributed by atoms with Crippen LogP contribution in [-0.2, 0) is 15.9 Å². The zero-order chi connectivity index (χ0) is 13.5. The third-order valence-corrected chi connectivity index (χ3v) is 3.06. The molecule has 2 heterocycles. The van der Waals surface area contributed by atoms with E-state index in [2.05, 4.69) is 27.5 Å². The van der Waals surface area contributed by atoms with Gasteiger partial charge >= 0.3 is 0 Å². The van der Waals surface area contributed by atoms with E-state index >= 15 is 0 Å². The van der Waals surface area contributed by atoms with Gasteiger partial charge in [-0.1, -0.05) is 13.3 Å². The van der Waals surface area contributed by atoms with E-state index in [1.807, 2.05) is 7.05 Å². The highest BCUT2D eigenvalue weighted by atomic mass is 16.6. The summed E-state index contributed by atoms with van der Waals surface area (Å²) in [6.45, 7) is 4.85. The van der Waals surface area contributed by atoms with E-state index < -0.39 is 0 Å². The molecule has 1 atom stereocenters. The van der Waals surface area contributed by atoms with Crippen molar-refractivity contribution in [2.24, 2.45) is 0 Å². The molecule has 1 aliphatic heterocycles. The predicted octanol–water partition coefficient (Wildman–Crippen LogP) is 1.30. The fraction of sp³-hybridized carbons (Fsp3) is 0.692. The molecule has 1 fully saturated rings. The van der Waals surface area contributed by atoms with Gasteiger partial charge in [0.25, 0.3) is 0 Å². The highest BCUT2D eigenvalue weighted by molar-refractivity contribution is 5.57. The van der Waals surface area contributed by atoms with E-state index in [9.17, 15) is 0 Å². The lowest BCUT2D eigenvalue weighted by Gasteiger charge is -2.24. The molecule has 0 aliphatic carbocycles. The SMILES string of the molecule is CCCc1c(NC)ncnc1NCC1COCCO1. The number of anilines is 2. The summed E-state index contributed by atoms with van der Waals surface area (Å²) >= 11 is 0. The second kappa shape index (κ2) is 7.25. The van der Waals surface area contributed by atoms with Gasteiger partial charge in [-0.3, -0.25) is 0 Å². The molecule has 0 aromatic carbocycles. The van der Waals surface area contributed by atoms with Gasteiger partial charge < -0.3 is 20.1 Å². The van der Waals surface area contributed by atoms with Crippen LogP contribution in [0, 0.1) is 0 Å². The van der Waals surface area contributed by atoms with Gasteiger partial charge in [0, 0.05) is 19.2 Å². The highest BCUT2D eigenvalue weighted by Gasteiger charge is 2.16. The van der Waals surface area contributed by atoms with Crippen molar-refractivity contribution < 1.29 is 9.47 Å². The van der Waals surface area contributed by atoms with Crippen LogP contribution in [0.4, 0.5) is 11.6 Å². The number of hydrogen-bond donors (Lipinski definition) is 2. The van der Waals surface area contributed by atoms with Crippen LogP contribution in [0.2, 0.25) is 0 Å². The zero-order valence-corrected chi connectivity index (χ0v) is 11.6. The number of aromatic nitrogens is 2. The Morgan fingerprint density at radius 1 is 1.32 bits per heavy atom. The molecule has 1 aliphatic rings. The summed E-state index contributed by atoms with van der Waals surface area (Å²) in [6.07, 6.45) is 3.67. The molecular weight excluding hydrogens is 244 g/mol. The quantitative estimate of drug-likeness (QED) is 0.809. The molecule has 2 N–H and O–H groups in total. The lowest BCUT2D eigenvalue weighted by molar-refractivity contribution is -0.0819. The first-order valence-electron chi connectivity index (χ1n) is 6.80. The van der Waals surface area contributed by atoms with Crippen molar-refractivity contribution in [3.05, 3.63) is 11.9 Å². The summed E-state index contributed by atoms with van der Waals surface area (Å²) in [5.74, 6) is 1.77. The Hall–Kier alpha value is -1.40. The number of hydrogen-bond acceptors (Lipinski definition) is 6. The topological polar surface area (TPSA) is 68.3 Å². The summed E-state index contributed by atoms with van der Waals surface area (Å²) in [6, 6.07) is 0. The van der Waals surface area contributed by atoms with Crippen molar-refractivity contribution in [3.63, 3.8) is 0 Å². The Kier molecular flexibility index (Phi) is 5.35. The maximum Gasteiger partial charge on any atom is 0.134 e. The average Bonchev–Trinajstić information content (AvgIpc) is 2.47. The van der Waals surface area contributed by atoms with Gasteiger partial charge in [0.2, 0.25) is 0 Å². The predicted molar refractivity (Wildman–Crippen MR) is 74.6 cm³/mol. The Bertz CT molecular complexity index is 394. The summed E-state index contributed by atoms with van der Waals surface area (Å²) in [4.78, 5) is 8.58. The van der Waals surface area contributed by atoms with E-state index in [0.717, 1.165) is 30.0 Å². The molecule has 0 amide bonds. The average molecular weight is 266 g/mol. The minimum atomic E-state index is 0.0937. The molecule has 1 unspecified atom stereocenters. The minimum Gasteiger partial charge on any atom is -0.376 e. The van der Waals surface area contributed by atoms with Gasteiger partial charge in [0.05, 0.1) is 25.9 Å². The van der Waals surface area contributed by atoms with Crippen LogP contribution in [-0.4, -0.2) is 49.5 Å². The smallest absolute Gasteiger partial charge is 0.134 e. The van der Waals surface area contributed by atoms with Crippen molar-refractivity contribution >= 4 is 11.6 Å². The molecule has 19 heavy (non-hydrogen) atoms. The van der Waals surface area contributed by atoms with Crippen LogP contribution in [0.3, 0.4) is 0 Å². The van der Waals surface area contributed by atoms with Crippen LogP contribution in [0.25, 0.3) is 0 Å². The minimum absolute atomic E-state index is 0.0937. The normalized spacial score (nSPS) is 19.2. The van der Waals surface area contributed by atoms with Crippen LogP contribution in [0.1, 0.15) is 18.9 Å². The Morgan fingerprint density at radius 2 is 2.16 bits per heavy atom. The van der Waals surface area contributed by atoms with Crippen molar-refractivity contribution in [3.8, 4) is 0 Å². The van der Waals surface area contributed by atoms with Crippen LogP contribution in [0.5, 0.6) is 0 Å². The number of nitrogens with zero attached hydrogens (tertiary/aromatic N) is 2. The highest BCUT2D eigenvalue weighted by Crippen LogP contribution is 2.21. The maximum atomic E-state index is 5.61. The lowest BCUT2D eigenvalue weighted by Crippen LogP contribution is -2.34. The first kappa shape index (κ1) is 14.0. The molecule has 0 saturated carbocycles.